The van der Waals surface area contributed by atoms with Gasteiger partial charge in [-0.2, -0.15) is 0 Å². The molecule has 2 nitrogen and oxygen atoms in total. The molecule has 0 aromatic carbocycles. The fourth-order valence-electron chi connectivity index (χ4n) is 0.847. The van der Waals surface area contributed by atoms with E-state index >= 15 is 0 Å². The van der Waals surface area contributed by atoms with Crippen molar-refractivity contribution in [2.75, 3.05) is 5.75 Å². The van der Waals surface area contributed by atoms with E-state index in [4.69, 9.17) is 5.11 Å². The van der Waals surface area contributed by atoms with Crippen LogP contribution in [0.4, 0.5) is 0 Å². The molecule has 0 aliphatic heterocycles. The third-order valence-corrected chi connectivity index (χ3v) is 3.28. The Hall–Kier alpha value is -1.22. The Morgan fingerprint density at radius 1 is 0.920 bits per heavy atom. The number of thioether (sulfide) groups is 1. The van der Waals surface area contributed by atoms with Gasteiger partial charge in [-0.05, 0) is 18.2 Å². The highest BCUT2D eigenvalue weighted by atomic mass is 32.2. The van der Waals surface area contributed by atoms with Gasteiger partial charge in [0.05, 0.1) is 5.57 Å². The largest absolute Gasteiger partial charge is 0.478 e. The molecule has 0 rings (SSSR count). The Labute approximate surface area is 163 Å². The van der Waals surface area contributed by atoms with E-state index in [1.54, 1.807) is 13.0 Å². The zero-order chi connectivity index (χ0) is 21.1. The zero-order valence-electron chi connectivity index (χ0n) is 18.2. The Morgan fingerprint density at radius 3 is 1.52 bits per heavy atom. The third-order valence-electron chi connectivity index (χ3n) is 2.22. The SMILES string of the molecule is C=CCCC.C=CCS/C(C)=C(\C=C)C(=O)O.CC.CC.CCCC. The molecular formula is C22H44O2S. The maximum atomic E-state index is 10.6. The summed E-state index contributed by atoms with van der Waals surface area (Å²) in [6.45, 7) is 26.8. The summed E-state index contributed by atoms with van der Waals surface area (Å²) in [6.07, 6.45) is 10.0. The molecule has 0 bridgehead atoms. The number of rotatable bonds is 8. The highest BCUT2D eigenvalue weighted by Gasteiger charge is 2.06. The molecule has 0 fully saturated rings. The van der Waals surface area contributed by atoms with E-state index in [-0.39, 0.29) is 5.57 Å². The first kappa shape index (κ1) is 35.0. The van der Waals surface area contributed by atoms with Crippen molar-refractivity contribution in [3.05, 3.63) is 48.4 Å². The van der Waals surface area contributed by atoms with E-state index in [2.05, 4.69) is 40.5 Å². The van der Waals surface area contributed by atoms with Crippen LogP contribution in [0.2, 0.25) is 0 Å². The molecule has 150 valence electrons. The first-order chi connectivity index (χ1) is 12.0. The van der Waals surface area contributed by atoms with Crippen LogP contribution in [0.25, 0.3) is 0 Å². The summed E-state index contributed by atoms with van der Waals surface area (Å²) >= 11 is 1.45. The van der Waals surface area contributed by atoms with Crippen LogP contribution in [0.5, 0.6) is 0 Å². The highest BCUT2D eigenvalue weighted by Crippen LogP contribution is 2.19. The minimum atomic E-state index is -0.931. The molecular weight excluding hydrogens is 328 g/mol. The van der Waals surface area contributed by atoms with Gasteiger partial charge < -0.3 is 5.11 Å². The summed E-state index contributed by atoms with van der Waals surface area (Å²) in [5, 5.41) is 8.67. The van der Waals surface area contributed by atoms with Crippen LogP contribution < -0.4 is 0 Å². The maximum absolute atomic E-state index is 10.6. The molecule has 0 saturated heterocycles. The monoisotopic (exact) mass is 372 g/mol. The predicted molar refractivity (Wildman–Crippen MR) is 122 cm³/mol. The normalized spacial score (nSPS) is 8.80. The maximum Gasteiger partial charge on any atom is 0.336 e. The standard InChI is InChI=1S/C9H12O2S.C5H10.C4H10.2C2H6/c1-4-6-12-7(3)8(5-2)9(10)11;1-3-5-4-2;1-3-4-2;2*1-2/h4-5H,1-2,6H2,3H3,(H,10,11);3H,1,4-5H2,2H3;3-4H2,1-2H3;2*1-2H3/b8-7+;;;;. The van der Waals surface area contributed by atoms with Gasteiger partial charge in [0, 0.05) is 5.75 Å². The fourth-order valence-corrected chi connectivity index (χ4v) is 1.54. The van der Waals surface area contributed by atoms with Crippen LogP contribution in [-0.4, -0.2) is 16.8 Å². The van der Waals surface area contributed by atoms with Crippen LogP contribution in [0, 0.1) is 0 Å². The zero-order valence-corrected chi connectivity index (χ0v) is 19.0. The van der Waals surface area contributed by atoms with Crippen molar-refractivity contribution in [2.24, 2.45) is 0 Å². The van der Waals surface area contributed by atoms with E-state index in [1.807, 2.05) is 33.8 Å². The quantitative estimate of drug-likeness (QED) is 0.264. The van der Waals surface area contributed by atoms with Gasteiger partial charge in [-0.15, -0.1) is 24.9 Å². The summed E-state index contributed by atoms with van der Waals surface area (Å²) in [5.74, 6) is -0.213. The smallest absolute Gasteiger partial charge is 0.336 e. The van der Waals surface area contributed by atoms with Gasteiger partial charge in [0.25, 0.3) is 0 Å². The minimum Gasteiger partial charge on any atom is -0.478 e. The lowest BCUT2D eigenvalue weighted by molar-refractivity contribution is -0.132. The molecule has 0 saturated carbocycles. The minimum absolute atomic E-state index is 0.266. The van der Waals surface area contributed by atoms with Crippen molar-refractivity contribution in [1.29, 1.82) is 0 Å². The van der Waals surface area contributed by atoms with Crippen LogP contribution in [0.1, 0.15) is 81.1 Å². The van der Waals surface area contributed by atoms with E-state index in [0.29, 0.717) is 0 Å². The topological polar surface area (TPSA) is 37.3 Å². The van der Waals surface area contributed by atoms with Gasteiger partial charge in [-0.25, -0.2) is 4.79 Å². The van der Waals surface area contributed by atoms with Gasteiger partial charge in [-0.1, -0.05) is 92.5 Å². The van der Waals surface area contributed by atoms with E-state index in [9.17, 15) is 4.79 Å². The first-order valence-electron chi connectivity index (χ1n) is 9.37. The Bertz CT molecular complexity index is 316. The molecule has 0 unspecified atom stereocenters. The van der Waals surface area contributed by atoms with E-state index in [1.165, 1.54) is 37.1 Å². The molecule has 0 heterocycles. The first-order valence-corrected chi connectivity index (χ1v) is 10.4. The van der Waals surface area contributed by atoms with Crippen molar-refractivity contribution in [2.45, 2.75) is 81.1 Å². The predicted octanol–water partition coefficient (Wildman–Crippen LogP) is 8.28. The number of hydrogen-bond donors (Lipinski definition) is 1. The molecule has 3 heteroatoms. The third kappa shape index (κ3) is 39.5. The summed E-state index contributed by atoms with van der Waals surface area (Å²) < 4.78 is 0. The lowest BCUT2D eigenvalue weighted by Crippen LogP contribution is -1.99. The Kier molecular flexibility index (Phi) is 53.7. The summed E-state index contributed by atoms with van der Waals surface area (Å²) in [4.78, 5) is 11.3. The van der Waals surface area contributed by atoms with E-state index < -0.39 is 5.97 Å². The number of unbranched alkanes of at least 4 members (excludes halogenated alkanes) is 2. The molecule has 0 atom stereocenters. The number of carbonyl (C=O) groups is 1. The van der Waals surface area contributed by atoms with Crippen molar-refractivity contribution in [3.8, 4) is 0 Å². The summed E-state index contributed by atoms with van der Waals surface area (Å²) in [6, 6.07) is 0. The molecule has 0 radical (unpaired) electrons. The average Bonchev–Trinajstić information content (AvgIpc) is 2.65. The number of carboxylic acid groups (broad SMARTS) is 1. The number of aliphatic carboxylic acids is 1. The second kappa shape index (κ2) is 38.4. The second-order valence-corrected chi connectivity index (χ2v) is 5.39. The molecule has 0 aliphatic carbocycles. The van der Waals surface area contributed by atoms with Crippen molar-refractivity contribution in [3.63, 3.8) is 0 Å². The van der Waals surface area contributed by atoms with Gasteiger partial charge in [0.15, 0.2) is 0 Å². The molecule has 1 N–H and O–H groups in total. The Morgan fingerprint density at radius 2 is 1.36 bits per heavy atom. The summed E-state index contributed by atoms with van der Waals surface area (Å²) in [7, 11) is 0. The van der Waals surface area contributed by atoms with Gasteiger partial charge in [0.1, 0.15) is 0 Å². The fraction of sp³-hybridized carbons (Fsp3) is 0.591. The summed E-state index contributed by atoms with van der Waals surface area (Å²) in [5.41, 5.74) is 0.266. The molecule has 0 amide bonds. The molecule has 25 heavy (non-hydrogen) atoms. The van der Waals surface area contributed by atoms with E-state index in [0.717, 1.165) is 17.1 Å². The lowest BCUT2D eigenvalue weighted by Gasteiger charge is -2.01. The van der Waals surface area contributed by atoms with Crippen LogP contribution in [0.15, 0.2) is 48.4 Å². The van der Waals surface area contributed by atoms with Crippen LogP contribution in [-0.2, 0) is 4.79 Å². The number of hydrogen-bond acceptors (Lipinski definition) is 2. The van der Waals surface area contributed by atoms with Crippen molar-refractivity contribution < 1.29 is 9.90 Å². The van der Waals surface area contributed by atoms with Gasteiger partial charge in [0.2, 0.25) is 0 Å². The van der Waals surface area contributed by atoms with Crippen LogP contribution >= 0.6 is 11.8 Å². The van der Waals surface area contributed by atoms with Crippen molar-refractivity contribution in [1.82, 2.24) is 0 Å². The molecule has 0 spiro atoms. The lowest BCUT2D eigenvalue weighted by atomic mass is 10.2. The molecule has 0 aromatic heterocycles. The molecule has 0 aromatic rings. The van der Waals surface area contributed by atoms with Crippen LogP contribution in [0.3, 0.4) is 0 Å². The van der Waals surface area contributed by atoms with Gasteiger partial charge >= 0.3 is 5.97 Å². The highest BCUT2D eigenvalue weighted by molar-refractivity contribution is 8.03. The Balaban J connectivity index is -0.0000000851. The second-order valence-electron chi connectivity index (χ2n) is 4.16. The number of allylic oxidation sites excluding steroid dienone is 2. The average molecular weight is 373 g/mol. The van der Waals surface area contributed by atoms with Gasteiger partial charge in [-0.3, -0.25) is 0 Å². The van der Waals surface area contributed by atoms with Crippen molar-refractivity contribution >= 4 is 17.7 Å². The number of carboxylic acids is 1. The molecule has 0 aliphatic rings.